The van der Waals surface area contributed by atoms with Gasteiger partial charge in [0, 0.05) is 13.7 Å². The molecule has 0 saturated heterocycles. The quantitative estimate of drug-likeness (QED) is 0.441. The lowest BCUT2D eigenvalue weighted by Gasteiger charge is -2.02. The molecule has 86 valence electrons. The van der Waals surface area contributed by atoms with Crippen LogP contribution in [0, 0.1) is 0 Å². The predicted octanol–water partition coefficient (Wildman–Crippen LogP) is 2.69. The summed E-state index contributed by atoms with van der Waals surface area (Å²) in [6.07, 6.45) is 13.6. The fourth-order valence-electron chi connectivity index (χ4n) is 1.13. The van der Waals surface area contributed by atoms with Crippen molar-refractivity contribution in [1.82, 2.24) is 5.32 Å². The number of allylic oxidation sites excluding steroid dienone is 5. The lowest BCUT2D eigenvalue weighted by Crippen LogP contribution is -2.20. The molecule has 0 aliphatic rings. The van der Waals surface area contributed by atoms with Crippen molar-refractivity contribution in [1.29, 1.82) is 0 Å². The number of hydrogen-bond donors (Lipinski definition) is 1. The summed E-state index contributed by atoms with van der Waals surface area (Å²) in [5.74, 6) is 0. The highest BCUT2D eigenvalue weighted by atomic mass is 16.5. The summed E-state index contributed by atoms with van der Waals surface area (Å²) in [7, 11) is 1.73. The van der Waals surface area contributed by atoms with E-state index in [-0.39, 0.29) is 0 Å². The molecule has 0 aromatic carbocycles. The maximum atomic E-state index is 4.94. The van der Waals surface area contributed by atoms with Crippen molar-refractivity contribution < 1.29 is 4.74 Å². The highest BCUT2D eigenvalue weighted by Crippen LogP contribution is 1.95. The maximum Gasteiger partial charge on any atom is 0.0587 e. The van der Waals surface area contributed by atoms with Crippen LogP contribution in [-0.4, -0.2) is 26.8 Å². The second-order valence-electron chi connectivity index (χ2n) is 3.29. The van der Waals surface area contributed by atoms with E-state index in [1.165, 1.54) is 12.8 Å². The zero-order valence-electron chi connectivity index (χ0n) is 9.74. The maximum absolute atomic E-state index is 4.94. The molecule has 0 unspecified atom stereocenters. The molecule has 0 aromatic rings. The van der Waals surface area contributed by atoms with Crippen molar-refractivity contribution in [3.63, 3.8) is 0 Å². The Hall–Kier alpha value is -0.860. The Labute approximate surface area is 93.7 Å². The van der Waals surface area contributed by atoms with Gasteiger partial charge in [0.05, 0.1) is 6.61 Å². The third kappa shape index (κ3) is 13.1. The Morgan fingerprint density at radius 2 is 2.00 bits per heavy atom. The van der Waals surface area contributed by atoms with Gasteiger partial charge in [-0.3, -0.25) is 0 Å². The van der Waals surface area contributed by atoms with Gasteiger partial charge in [0.15, 0.2) is 0 Å². The Morgan fingerprint density at radius 1 is 1.13 bits per heavy atom. The molecule has 0 atom stereocenters. The smallest absolute Gasteiger partial charge is 0.0587 e. The molecule has 0 aromatic heterocycles. The Bertz CT molecular complexity index is 185. The Kier molecular flexibility index (Phi) is 12.4. The lowest BCUT2D eigenvalue weighted by atomic mass is 10.2. The van der Waals surface area contributed by atoms with E-state index in [4.69, 9.17) is 4.74 Å². The number of unbranched alkanes of at least 4 members (excludes halogenated alkanes) is 2. The van der Waals surface area contributed by atoms with Gasteiger partial charge in [-0.1, -0.05) is 37.0 Å². The van der Waals surface area contributed by atoms with Crippen LogP contribution in [0.5, 0.6) is 0 Å². The van der Waals surface area contributed by atoms with Gasteiger partial charge in [0.25, 0.3) is 0 Å². The second kappa shape index (κ2) is 13.1. The molecule has 0 bridgehead atoms. The van der Waals surface area contributed by atoms with Crippen molar-refractivity contribution in [2.45, 2.75) is 19.3 Å². The summed E-state index contributed by atoms with van der Waals surface area (Å²) < 4.78 is 4.94. The first-order valence-corrected chi connectivity index (χ1v) is 5.55. The van der Waals surface area contributed by atoms with E-state index in [0.717, 1.165) is 26.1 Å². The standard InChI is InChI=1S/C13H23NO/c1-3-4-5-6-7-8-9-10-11-14-12-13-15-2/h3-7,14H,1,8-13H2,2H3/b5-4-,7-6+. The first kappa shape index (κ1) is 14.1. The largest absolute Gasteiger partial charge is 0.383 e. The normalized spacial score (nSPS) is 11.5. The fraction of sp³-hybridized carbons (Fsp3) is 0.538. The van der Waals surface area contributed by atoms with Gasteiger partial charge in [-0.15, -0.1) is 0 Å². The highest BCUT2D eigenvalue weighted by Gasteiger charge is 1.86. The molecule has 0 spiro atoms. The molecule has 0 aliphatic heterocycles. The molecule has 1 N–H and O–H groups in total. The van der Waals surface area contributed by atoms with E-state index >= 15 is 0 Å². The molecule has 0 amide bonds. The zero-order chi connectivity index (χ0) is 11.2. The first-order valence-electron chi connectivity index (χ1n) is 5.55. The monoisotopic (exact) mass is 209 g/mol. The highest BCUT2D eigenvalue weighted by molar-refractivity contribution is 5.08. The van der Waals surface area contributed by atoms with E-state index in [2.05, 4.69) is 24.0 Å². The van der Waals surface area contributed by atoms with Crippen molar-refractivity contribution in [2.75, 3.05) is 26.8 Å². The first-order chi connectivity index (χ1) is 7.41. The summed E-state index contributed by atoms with van der Waals surface area (Å²) in [5, 5.41) is 3.32. The van der Waals surface area contributed by atoms with Gasteiger partial charge >= 0.3 is 0 Å². The van der Waals surface area contributed by atoms with E-state index in [1.54, 1.807) is 13.2 Å². The van der Waals surface area contributed by atoms with Crippen LogP contribution in [0.4, 0.5) is 0 Å². The molecule has 2 nitrogen and oxygen atoms in total. The van der Waals surface area contributed by atoms with Gasteiger partial charge in [-0.2, -0.15) is 0 Å². The molecule has 0 rings (SSSR count). The summed E-state index contributed by atoms with van der Waals surface area (Å²) in [6.45, 7) is 6.44. The fourth-order valence-corrected chi connectivity index (χ4v) is 1.13. The number of rotatable bonds is 10. The van der Waals surface area contributed by atoms with Crippen LogP contribution < -0.4 is 5.32 Å². The minimum atomic E-state index is 0.798. The van der Waals surface area contributed by atoms with Crippen LogP contribution in [0.2, 0.25) is 0 Å². The molecule has 0 aliphatic carbocycles. The van der Waals surface area contributed by atoms with Crippen LogP contribution in [0.25, 0.3) is 0 Å². The van der Waals surface area contributed by atoms with E-state index in [1.807, 2.05) is 12.2 Å². The van der Waals surface area contributed by atoms with Gasteiger partial charge in [-0.25, -0.2) is 0 Å². The van der Waals surface area contributed by atoms with Crippen LogP contribution in [0.3, 0.4) is 0 Å². The summed E-state index contributed by atoms with van der Waals surface area (Å²) in [4.78, 5) is 0. The van der Waals surface area contributed by atoms with Gasteiger partial charge in [0.2, 0.25) is 0 Å². The number of nitrogens with one attached hydrogen (secondary N) is 1. The molecule has 0 radical (unpaired) electrons. The molecule has 15 heavy (non-hydrogen) atoms. The average Bonchev–Trinajstić information content (AvgIpc) is 2.26. The molecular formula is C13H23NO. The summed E-state index contributed by atoms with van der Waals surface area (Å²) in [6, 6.07) is 0. The van der Waals surface area contributed by atoms with Crippen molar-refractivity contribution >= 4 is 0 Å². The number of ether oxygens (including phenoxy) is 1. The van der Waals surface area contributed by atoms with Crippen molar-refractivity contribution in [3.8, 4) is 0 Å². The average molecular weight is 209 g/mol. The zero-order valence-corrected chi connectivity index (χ0v) is 9.74. The lowest BCUT2D eigenvalue weighted by molar-refractivity contribution is 0.199. The predicted molar refractivity (Wildman–Crippen MR) is 67.1 cm³/mol. The Morgan fingerprint density at radius 3 is 2.73 bits per heavy atom. The van der Waals surface area contributed by atoms with E-state index in [9.17, 15) is 0 Å². The van der Waals surface area contributed by atoms with Crippen LogP contribution >= 0.6 is 0 Å². The Balaban J connectivity index is 3.07. The number of methoxy groups -OCH3 is 1. The minimum absolute atomic E-state index is 0.798. The third-order valence-electron chi connectivity index (χ3n) is 1.95. The molecular weight excluding hydrogens is 186 g/mol. The van der Waals surface area contributed by atoms with E-state index in [0.29, 0.717) is 0 Å². The van der Waals surface area contributed by atoms with Crippen LogP contribution in [0.1, 0.15) is 19.3 Å². The van der Waals surface area contributed by atoms with Crippen molar-refractivity contribution in [3.05, 3.63) is 37.0 Å². The SMILES string of the molecule is C=C/C=C\C=C\CCCCNCCOC. The third-order valence-corrected chi connectivity index (χ3v) is 1.95. The summed E-state index contributed by atoms with van der Waals surface area (Å²) in [5.41, 5.74) is 0. The van der Waals surface area contributed by atoms with Crippen LogP contribution in [0.15, 0.2) is 37.0 Å². The molecule has 0 saturated carbocycles. The van der Waals surface area contributed by atoms with Crippen molar-refractivity contribution in [2.24, 2.45) is 0 Å². The molecule has 2 heteroatoms. The van der Waals surface area contributed by atoms with Gasteiger partial charge in [0.1, 0.15) is 0 Å². The topological polar surface area (TPSA) is 21.3 Å². The summed E-state index contributed by atoms with van der Waals surface area (Å²) >= 11 is 0. The molecule has 0 fully saturated rings. The second-order valence-corrected chi connectivity index (χ2v) is 3.29. The van der Waals surface area contributed by atoms with Crippen LogP contribution in [-0.2, 0) is 4.74 Å². The molecule has 0 heterocycles. The minimum Gasteiger partial charge on any atom is -0.383 e. The van der Waals surface area contributed by atoms with Gasteiger partial charge in [-0.05, 0) is 25.8 Å². The van der Waals surface area contributed by atoms with Gasteiger partial charge < -0.3 is 10.1 Å². The van der Waals surface area contributed by atoms with E-state index < -0.39 is 0 Å². The number of hydrogen-bond acceptors (Lipinski definition) is 2.